The van der Waals surface area contributed by atoms with Gasteiger partial charge in [0.2, 0.25) is 0 Å². The average molecular weight is 267 g/mol. The Balaban J connectivity index is 1.74. The number of ether oxygens (including phenoxy) is 1. The third-order valence-corrected chi connectivity index (χ3v) is 3.97. The van der Waals surface area contributed by atoms with Crippen LogP contribution < -0.4 is 10.5 Å². The second kappa shape index (κ2) is 5.68. The Kier molecular flexibility index (Phi) is 3.75. The van der Waals surface area contributed by atoms with Crippen molar-refractivity contribution >= 4 is 0 Å². The molecule has 3 rings (SSSR count). The Hall–Kier alpha value is -1.80. The monoisotopic (exact) mass is 267 g/mol. The van der Waals surface area contributed by atoms with Gasteiger partial charge in [-0.05, 0) is 48.9 Å². The molecular formula is C18H21NO. The van der Waals surface area contributed by atoms with Crippen LogP contribution in [0.3, 0.4) is 0 Å². The molecule has 0 saturated heterocycles. The molecule has 1 aliphatic rings. The topological polar surface area (TPSA) is 35.2 Å². The molecule has 0 fully saturated rings. The summed E-state index contributed by atoms with van der Waals surface area (Å²) in [6.07, 6.45) is 3.72. The van der Waals surface area contributed by atoms with Gasteiger partial charge in [0, 0.05) is 11.6 Å². The number of rotatable bonds is 4. The van der Waals surface area contributed by atoms with Crippen LogP contribution >= 0.6 is 0 Å². The zero-order chi connectivity index (χ0) is 13.9. The predicted octanol–water partition coefficient (Wildman–Crippen LogP) is 3.77. The van der Waals surface area contributed by atoms with Gasteiger partial charge in [-0.3, -0.25) is 0 Å². The second-order valence-electron chi connectivity index (χ2n) is 5.57. The fraction of sp³-hybridized carbons (Fsp3) is 0.333. The summed E-state index contributed by atoms with van der Waals surface area (Å²) in [6.45, 7) is 2.59. The predicted molar refractivity (Wildman–Crippen MR) is 81.8 cm³/mol. The van der Waals surface area contributed by atoms with E-state index in [9.17, 15) is 0 Å². The standard InChI is InChI=1S/C18H21NO/c1-13(19)17-7-2-3-8-18(17)20-12-14-9-10-15-5-4-6-16(15)11-14/h2-3,7-11,13H,4-6,12,19H2,1H3/t13-/m0/s1. The molecule has 2 N–H and O–H groups in total. The minimum Gasteiger partial charge on any atom is -0.489 e. The van der Waals surface area contributed by atoms with Gasteiger partial charge < -0.3 is 10.5 Å². The Morgan fingerprint density at radius 1 is 1.10 bits per heavy atom. The van der Waals surface area contributed by atoms with Crippen LogP contribution in [-0.4, -0.2) is 0 Å². The third-order valence-electron chi connectivity index (χ3n) is 3.97. The van der Waals surface area contributed by atoms with Crippen LogP contribution in [0.5, 0.6) is 5.75 Å². The average Bonchev–Trinajstić information content (AvgIpc) is 2.92. The number of hydrogen-bond donors (Lipinski definition) is 1. The molecule has 0 aromatic heterocycles. The van der Waals surface area contributed by atoms with Crippen molar-refractivity contribution in [3.8, 4) is 5.75 Å². The van der Waals surface area contributed by atoms with Gasteiger partial charge in [-0.25, -0.2) is 0 Å². The molecule has 0 radical (unpaired) electrons. The molecule has 0 spiro atoms. The summed E-state index contributed by atoms with van der Waals surface area (Å²) in [5.41, 5.74) is 11.3. The fourth-order valence-electron chi connectivity index (χ4n) is 2.86. The second-order valence-corrected chi connectivity index (χ2v) is 5.57. The Labute approximate surface area is 120 Å². The van der Waals surface area contributed by atoms with Gasteiger partial charge in [0.1, 0.15) is 12.4 Å². The van der Waals surface area contributed by atoms with Gasteiger partial charge in [0.05, 0.1) is 0 Å². The molecule has 0 bridgehead atoms. The summed E-state index contributed by atoms with van der Waals surface area (Å²) in [4.78, 5) is 0. The van der Waals surface area contributed by atoms with Crippen molar-refractivity contribution in [1.82, 2.24) is 0 Å². The van der Waals surface area contributed by atoms with Crippen molar-refractivity contribution in [3.05, 3.63) is 64.7 Å². The first-order valence-electron chi connectivity index (χ1n) is 7.32. The van der Waals surface area contributed by atoms with Crippen LogP contribution in [0.15, 0.2) is 42.5 Å². The first-order chi connectivity index (χ1) is 9.74. The van der Waals surface area contributed by atoms with E-state index in [1.807, 2.05) is 31.2 Å². The lowest BCUT2D eigenvalue weighted by atomic mass is 10.1. The molecule has 1 atom stereocenters. The minimum atomic E-state index is -0.00813. The lowest BCUT2D eigenvalue weighted by Crippen LogP contribution is -2.08. The van der Waals surface area contributed by atoms with E-state index in [-0.39, 0.29) is 6.04 Å². The van der Waals surface area contributed by atoms with E-state index in [4.69, 9.17) is 10.5 Å². The van der Waals surface area contributed by atoms with Gasteiger partial charge in [-0.15, -0.1) is 0 Å². The van der Waals surface area contributed by atoms with Crippen LogP contribution in [0.4, 0.5) is 0 Å². The van der Waals surface area contributed by atoms with E-state index in [1.54, 1.807) is 0 Å². The summed E-state index contributed by atoms with van der Waals surface area (Å²) in [7, 11) is 0. The lowest BCUT2D eigenvalue weighted by Gasteiger charge is -2.14. The maximum atomic E-state index is 5.98. The Bertz CT molecular complexity index is 604. The van der Waals surface area contributed by atoms with Crippen LogP contribution in [0.25, 0.3) is 0 Å². The molecule has 0 aliphatic heterocycles. The normalized spacial score (nSPS) is 14.9. The van der Waals surface area contributed by atoms with E-state index in [2.05, 4.69) is 18.2 Å². The highest BCUT2D eigenvalue weighted by molar-refractivity contribution is 5.37. The SMILES string of the molecule is C[C@H](N)c1ccccc1OCc1ccc2c(c1)CCC2. The molecule has 0 heterocycles. The molecule has 20 heavy (non-hydrogen) atoms. The van der Waals surface area contributed by atoms with Crippen LogP contribution in [0.2, 0.25) is 0 Å². The van der Waals surface area contributed by atoms with Gasteiger partial charge in [-0.1, -0.05) is 36.4 Å². The van der Waals surface area contributed by atoms with E-state index in [0.717, 1.165) is 11.3 Å². The van der Waals surface area contributed by atoms with Gasteiger partial charge in [0.25, 0.3) is 0 Å². The summed E-state index contributed by atoms with van der Waals surface area (Å²) < 4.78 is 5.96. The molecule has 0 saturated carbocycles. The molecule has 2 aromatic carbocycles. The van der Waals surface area contributed by atoms with E-state index >= 15 is 0 Å². The molecule has 104 valence electrons. The number of aryl methyl sites for hydroxylation is 2. The Morgan fingerprint density at radius 3 is 2.75 bits per heavy atom. The maximum Gasteiger partial charge on any atom is 0.124 e. The van der Waals surface area contributed by atoms with Crippen molar-refractivity contribution in [2.75, 3.05) is 0 Å². The van der Waals surface area contributed by atoms with Crippen LogP contribution in [0, 0.1) is 0 Å². The minimum absolute atomic E-state index is 0.00813. The molecule has 0 unspecified atom stereocenters. The molecule has 0 amide bonds. The van der Waals surface area contributed by atoms with Gasteiger partial charge >= 0.3 is 0 Å². The van der Waals surface area contributed by atoms with E-state index < -0.39 is 0 Å². The lowest BCUT2D eigenvalue weighted by molar-refractivity contribution is 0.301. The molecular weight excluding hydrogens is 246 g/mol. The number of para-hydroxylation sites is 1. The molecule has 2 nitrogen and oxygen atoms in total. The smallest absolute Gasteiger partial charge is 0.124 e. The third kappa shape index (κ3) is 2.70. The summed E-state index contributed by atoms with van der Waals surface area (Å²) >= 11 is 0. The van der Waals surface area contributed by atoms with Gasteiger partial charge in [-0.2, -0.15) is 0 Å². The highest BCUT2D eigenvalue weighted by Gasteiger charge is 2.11. The van der Waals surface area contributed by atoms with Gasteiger partial charge in [0.15, 0.2) is 0 Å². The first kappa shape index (κ1) is 13.2. The highest BCUT2D eigenvalue weighted by Crippen LogP contribution is 2.26. The van der Waals surface area contributed by atoms with Crippen molar-refractivity contribution in [2.45, 2.75) is 38.8 Å². The number of benzene rings is 2. The van der Waals surface area contributed by atoms with Crippen molar-refractivity contribution < 1.29 is 4.74 Å². The number of hydrogen-bond acceptors (Lipinski definition) is 2. The summed E-state index contributed by atoms with van der Waals surface area (Å²) in [6, 6.07) is 14.7. The molecule has 1 aliphatic carbocycles. The van der Waals surface area contributed by atoms with Crippen molar-refractivity contribution in [3.63, 3.8) is 0 Å². The molecule has 2 aromatic rings. The van der Waals surface area contributed by atoms with Crippen molar-refractivity contribution in [1.29, 1.82) is 0 Å². The highest BCUT2D eigenvalue weighted by atomic mass is 16.5. The maximum absolute atomic E-state index is 5.98. The zero-order valence-corrected chi connectivity index (χ0v) is 11.9. The molecule has 2 heteroatoms. The summed E-state index contributed by atoms with van der Waals surface area (Å²) in [5.74, 6) is 0.892. The van der Waals surface area contributed by atoms with E-state index in [0.29, 0.717) is 6.61 Å². The number of nitrogens with two attached hydrogens (primary N) is 1. The number of fused-ring (bicyclic) bond motifs is 1. The van der Waals surface area contributed by atoms with Crippen LogP contribution in [0.1, 0.15) is 41.6 Å². The largest absolute Gasteiger partial charge is 0.489 e. The first-order valence-corrected chi connectivity index (χ1v) is 7.32. The fourth-order valence-corrected chi connectivity index (χ4v) is 2.86. The zero-order valence-electron chi connectivity index (χ0n) is 11.9. The van der Waals surface area contributed by atoms with Crippen LogP contribution in [-0.2, 0) is 19.4 Å². The summed E-state index contributed by atoms with van der Waals surface area (Å²) in [5, 5.41) is 0. The van der Waals surface area contributed by atoms with E-state index in [1.165, 1.54) is 36.0 Å². The van der Waals surface area contributed by atoms with Crippen molar-refractivity contribution in [2.24, 2.45) is 5.73 Å². The quantitative estimate of drug-likeness (QED) is 0.915. The Morgan fingerprint density at radius 2 is 1.90 bits per heavy atom.